The molecule has 0 aromatic heterocycles. The van der Waals surface area contributed by atoms with Gasteiger partial charge in [-0.3, -0.25) is 14.5 Å². The first-order valence-electron chi connectivity index (χ1n) is 7.88. The zero-order chi connectivity index (χ0) is 16.7. The Morgan fingerprint density at radius 2 is 1.74 bits per heavy atom. The standard InChI is InChI=1S/C17H22N2O3S/c1-10-5-6-14(7-11(10)2)19-15(20)16(23-17(19)21)18-8-12(3)22-13(4)9-18/h5-7,12-13,16H,8-9H2,1-4H3. The Balaban J connectivity index is 1.83. The molecule has 3 atom stereocenters. The van der Waals surface area contributed by atoms with Crippen LogP contribution in [0, 0.1) is 13.8 Å². The summed E-state index contributed by atoms with van der Waals surface area (Å²) >= 11 is 1.11. The van der Waals surface area contributed by atoms with Crippen molar-refractivity contribution in [1.82, 2.24) is 4.90 Å². The molecule has 2 aliphatic heterocycles. The highest BCUT2D eigenvalue weighted by Gasteiger charge is 2.45. The van der Waals surface area contributed by atoms with Crippen LogP contribution in [0.5, 0.6) is 0 Å². The molecule has 5 nitrogen and oxygen atoms in total. The molecule has 2 fully saturated rings. The van der Waals surface area contributed by atoms with Crippen molar-refractivity contribution in [3.8, 4) is 0 Å². The van der Waals surface area contributed by atoms with Gasteiger partial charge in [-0.05, 0) is 62.7 Å². The summed E-state index contributed by atoms with van der Waals surface area (Å²) in [5.41, 5.74) is 2.88. The lowest BCUT2D eigenvalue weighted by atomic mass is 10.1. The number of morpholine rings is 1. The van der Waals surface area contributed by atoms with Gasteiger partial charge in [0.2, 0.25) is 0 Å². The SMILES string of the molecule is Cc1ccc(N2C(=O)SC(N3CC(C)OC(C)C3)C2=O)cc1C. The van der Waals surface area contributed by atoms with Crippen LogP contribution in [0.3, 0.4) is 0 Å². The Bertz CT molecular complexity index is 639. The van der Waals surface area contributed by atoms with Crippen LogP contribution in [0.1, 0.15) is 25.0 Å². The zero-order valence-corrected chi connectivity index (χ0v) is 14.7. The first kappa shape index (κ1) is 16.5. The Labute approximate surface area is 141 Å². The van der Waals surface area contributed by atoms with Crippen molar-refractivity contribution < 1.29 is 14.3 Å². The fraction of sp³-hybridized carbons (Fsp3) is 0.529. The van der Waals surface area contributed by atoms with E-state index in [1.807, 2.05) is 45.9 Å². The highest BCUT2D eigenvalue weighted by Crippen LogP contribution is 2.35. The van der Waals surface area contributed by atoms with Crippen molar-refractivity contribution in [2.24, 2.45) is 0 Å². The Kier molecular flexibility index (Phi) is 4.49. The molecule has 0 aliphatic carbocycles. The second-order valence-corrected chi connectivity index (χ2v) is 7.42. The van der Waals surface area contributed by atoms with Gasteiger partial charge in [-0.15, -0.1) is 0 Å². The molecule has 124 valence electrons. The predicted octanol–water partition coefficient (Wildman–Crippen LogP) is 2.94. The quantitative estimate of drug-likeness (QED) is 0.832. The number of nitrogens with zero attached hydrogens (tertiary/aromatic N) is 2. The lowest BCUT2D eigenvalue weighted by molar-refractivity contribution is -0.124. The van der Waals surface area contributed by atoms with Crippen LogP contribution in [0.15, 0.2) is 18.2 Å². The third kappa shape index (κ3) is 3.16. The number of hydrogen-bond acceptors (Lipinski definition) is 5. The van der Waals surface area contributed by atoms with Crippen molar-refractivity contribution in [1.29, 1.82) is 0 Å². The van der Waals surface area contributed by atoms with Gasteiger partial charge in [-0.1, -0.05) is 6.07 Å². The van der Waals surface area contributed by atoms with E-state index in [0.29, 0.717) is 18.8 Å². The van der Waals surface area contributed by atoms with Crippen LogP contribution in [0.25, 0.3) is 0 Å². The maximum Gasteiger partial charge on any atom is 0.295 e. The van der Waals surface area contributed by atoms with E-state index in [0.717, 1.165) is 22.9 Å². The second kappa shape index (κ2) is 6.26. The molecule has 0 radical (unpaired) electrons. The molecule has 1 aromatic carbocycles. The summed E-state index contributed by atoms with van der Waals surface area (Å²) in [5, 5.41) is -0.645. The highest BCUT2D eigenvalue weighted by molar-refractivity contribution is 8.15. The van der Waals surface area contributed by atoms with Crippen LogP contribution in [0.4, 0.5) is 10.5 Å². The topological polar surface area (TPSA) is 49.9 Å². The van der Waals surface area contributed by atoms with Gasteiger partial charge >= 0.3 is 0 Å². The first-order chi connectivity index (χ1) is 10.9. The molecule has 2 heterocycles. The zero-order valence-electron chi connectivity index (χ0n) is 13.9. The van der Waals surface area contributed by atoms with Crippen molar-refractivity contribution in [2.75, 3.05) is 18.0 Å². The summed E-state index contributed by atoms with van der Waals surface area (Å²) in [4.78, 5) is 28.6. The molecule has 0 spiro atoms. The predicted molar refractivity (Wildman–Crippen MR) is 91.8 cm³/mol. The summed E-state index contributed by atoms with van der Waals surface area (Å²) < 4.78 is 5.72. The number of ether oxygens (including phenoxy) is 1. The number of hydrogen-bond donors (Lipinski definition) is 0. The number of amides is 2. The van der Waals surface area contributed by atoms with E-state index in [-0.39, 0.29) is 23.4 Å². The van der Waals surface area contributed by atoms with Crippen molar-refractivity contribution in [3.05, 3.63) is 29.3 Å². The third-order valence-electron chi connectivity index (χ3n) is 4.35. The van der Waals surface area contributed by atoms with E-state index in [9.17, 15) is 9.59 Å². The molecule has 0 saturated carbocycles. The highest BCUT2D eigenvalue weighted by atomic mass is 32.2. The normalized spacial score (nSPS) is 29.4. The van der Waals surface area contributed by atoms with Gasteiger partial charge in [-0.2, -0.15) is 0 Å². The number of rotatable bonds is 2. The molecule has 2 amide bonds. The summed E-state index contributed by atoms with van der Waals surface area (Å²) in [6.45, 7) is 9.33. The van der Waals surface area contributed by atoms with E-state index in [2.05, 4.69) is 4.90 Å². The second-order valence-electron chi connectivity index (χ2n) is 6.39. The van der Waals surface area contributed by atoms with Crippen LogP contribution in [-0.4, -0.2) is 46.7 Å². The number of carbonyl (C=O) groups excluding carboxylic acids is 2. The van der Waals surface area contributed by atoms with Gasteiger partial charge in [0.25, 0.3) is 11.1 Å². The largest absolute Gasteiger partial charge is 0.373 e. The Morgan fingerprint density at radius 1 is 1.09 bits per heavy atom. The van der Waals surface area contributed by atoms with Crippen LogP contribution < -0.4 is 4.90 Å². The lowest BCUT2D eigenvalue weighted by Gasteiger charge is -2.37. The van der Waals surface area contributed by atoms with Crippen LogP contribution in [-0.2, 0) is 9.53 Å². The van der Waals surface area contributed by atoms with E-state index >= 15 is 0 Å². The molecule has 3 unspecified atom stereocenters. The minimum atomic E-state index is -0.446. The van der Waals surface area contributed by atoms with Gasteiger partial charge in [0.1, 0.15) is 5.37 Å². The average molecular weight is 334 g/mol. The fourth-order valence-corrected chi connectivity index (χ4v) is 4.16. The summed E-state index contributed by atoms with van der Waals surface area (Å²) in [7, 11) is 0. The Morgan fingerprint density at radius 3 is 2.35 bits per heavy atom. The summed E-state index contributed by atoms with van der Waals surface area (Å²) in [6.07, 6.45) is 0.135. The number of aryl methyl sites for hydroxylation is 2. The van der Waals surface area contributed by atoms with Gasteiger partial charge in [0.05, 0.1) is 17.9 Å². The van der Waals surface area contributed by atoms with Crippen molar-refractivity contribution in [3.63, 3.8) is 0 Å². The minimum absolute atomic E-state index is 0.0675. The number of anilines is 1. The Hall–Kier alpha value is -1.37. The van der Waals surface area contributed by atoms with E-state index in [1.165, 1.54) is 4.90 Å². The minimum Gasteiger partial charge on any atom is -0.373 e. The van der Waals surface area contributed by atoms with E-state index in [4.69, 9.17) is 4.74 Å². The molecule has 3 rings (SSSR count). The fourth-order valence-electron chi connectivity index (χ4n) is 3.14. The molecule has 0 N–H and O–H groups in total. The third-order valence-corrected chi connectivity index (χ3v) is 5.46. The number of imide groups is 1. The first-order valence-corrected chi connectivity index (χ1v) is 8.76. The van der Waals surface area contributed by atoms with Gasteiger partial charge in [0, 0.05) is 13.1 Å². The lowest BCUT2D eigenvalue weighted by Crippen LogP contribution is -2.51. The van der Waals surface area contributed by atoms with Crippen molar-refractivity contribution >= 4 is 28.6 Å². The molecule has 2 aliphatic rings. The van der Waals surface area contributed by atoms with E-state index in [1.54, 1.807) is 0 Å². The molecular formula is C17H22N2O3S. The number of thioether (sulfide) groups is 1. The smallest absolute Gasteiger partial charge is 0.295 e. The molecule has 0 bridgehead atoms. The van der Waals surface area contributed by atoms with Crippen LogP contribution in [0.2, 0.25) is 0 Å². The maximum absolute atomic E-state index is 12.8. The van der Waals surface area contributed by atoms with Crippen molar-refractivity contribution in [2.45, 2.75) is 45.3 Å². The average Bonchev–Trinajstić information content (AvgIpc) is 2.76. The number of benzene rings is 1. The molecule has 1 aromatic rings. The van der Waals surface area contributed by atoms with Gasteiger partial charge in [0.15, 0.2) is 0 Å². The molecule has 6 heteroatoms. The summed E-state index contributed by atoms with van der Waals surface area (Å²) in [6, 6.07) is 5.69. The van der Waals surface area contributed by atoms with Gasteiger partial charge in [-0.25, -0.2) is 4.90 Å². The molecule has 23 heavy (non-hydrogen) atoms. The molecule has 2 saturated heterocycles. The van der Waals surface area contributed by atoms with Crippen LogP contribution >= 0.6 is 11.8 Å². The number of carbonyl (C=O) groups is 2. The van der Waals surface area contributed by atoms with E-state index < -0.39 is 5.37 Å². The van der Waals surface area contributed by atoms with Gasteiger partial charge < -0.3 is 4.74 Å². The summed E-state index contributed by atoms with van der Waals surface area (Å²) in [5.74, 6) is -0.149. The monoisotopic (exact) mass is 334 g/mol. The molecular weight excluding hydrogens is 312 g/mol. The maximum atomic E-state index is 12.8.